The van der Waals surface area contributed by atoms with Crippen LogP contribution in [-0.4, -0.2) is 11.7 Å². The molecule has 0 bridgehead atoms. The average molecular weight is 126 g/mol. The van der Waals surface area contributed by atoms with E-state index in [1.165, 1.54) is 30.4 Å². The fraction of sp³-hybridized carbons (Fsp3) is 0.750. The van der Waals surface area contributed by atoms with Gasteiger partial charge in [0.05, 0.1) is 6.61 Å². The van der Waals surface area contributed by atoms with Gasteiger partial charge >= 0.3 is 0 Å². The standard InChI is InChI=1S/C8H14O/c1-7-4-2-3-5-8(7)6-9/h9H,2-6H2,1H3. The van der Waals surface area contributed by atoms with Crippen molar-refractivity contribution in [3.05, 3.63) is 11.1 Å². The molecular formula is C8H14O. The van der Waals surface area contributed by atoms with E-state index in [-0.39, 0.29) is 6.61 Å². The van der Waals surface area contributed by atoms with Gasteiger partial charge < -0.3 is 5.11 Å². The minimum Gasteiger partial charge on any atom is -0.392 e. The lowest BCUT2D eigenvalue weighted by molar-refractivity contribution is 0.320. The third-order valence-electron chi connectivity index (χ3n) is 2.07. The molecular weight excluding hydrogens is 112 g/mol. The molecule has 9 heavy (non-hydrogen) atoms. The molecule has 0 aliphatic heterocycles. The largest absolute Gasteiger partial charge is 0.392 e. The van der Waals surface area contributed by atoms with Crippen LogP contribution in [0.2, 0.25) is 0 Å². The average Bonchev–Trinajstić information content (AvgIpc) is 1.89. The summed E-state index contributed by atoms with van der Waals surface area (Å²) < 4.78 is 0. The smallest absolute Gasteiger partial charge is 0.0644 e. The third-order valence-corrected chi connectivity index (χ3v) is 2.07. The van der Waals surface area contributed by atoms with E-state index in [1.807, 2.05) is 0 Å². The lowest BCUT2D eigenvalue weighted by Crippen LogP contribution is -2.00. The van der Waals surface area contributed by atoms with Crippen molar-refractivity contribution in [2.45, 2.75) is 32.6 Å². The molecule has 1 N–H and O–H groups in total. The monoisotopic (exact) mass is 126 g/mol. The maximum Gasteiger partial charge on any atom is 0.0644 e. The first-order valence-corrected chi connectivity index (χ1v) is 3.63. The third kappa shape index (κ3) is 1.55. The molecule has 0 aromatic rings. The molecule has 0 aromatic carbocycles. The molecule has 0 fully saturated rings. The topological polar surface area (TPSA) is 20.2 Å². The minimum absolute atomic E-state index is 0.284. The zero-order valence-corrected chi connectivity index (χ0v) is 5.98. The summed E-state index contributed by atoms with van der Waals surface area (Å²) in [5, 5.41) is 8.80. The Kier molecular flexibility index (Phi) is 2.29. The number of hydrogen-bond acceptors (Lipinski definition) is 1. The fourth-order valence-electron chi connectivity index (χ4n) is 1.33. The van der Waals surface area contributed by atoms with Crippen LogP contribution in [0.1, 0.15) is 32.6 Å². The van der Waals surface area contributed by atoms with Crippen LogP contribution >= 0.6 is 0 Å². The van der Waals surface area contributed by atoms with Gasteiger partial charge in [-0.25, -0.2) is 0 Å². The first kappa shape index (κ1) is 6.81. The Hall–Kier alpha value is -0.300. The predicted molar refractivity (Wildman–Crippen MR) is 38.3 cm³/mol. The van der Waals surface area contributed by atoms with Gasteiger partial charge in [-0.15, -0.1) is 0 Å². The number of rotatable bonds is 1. The van der Waals surface area contributed by atoms with Crippen LogP contribution in [0.5, 0.6) is 0 Å². The summed E-state index contributed by atoms with van der Waals surface area (Å²) in [5.41, 5.74) is 2.70. The van der Waals surface area contributed by atoms with Crippen molar-refractivity contribution in [1.29, 1.82) is 0 Å². The molecule has 0 amide bonds. The Morgan fingerprint density at radius 1 is 1.33 bits per heavy atom. The highest BCUT2D eigenvalue weighted by Gasteiger charge is 2.06. The zero-order chi connectivity index (χ0) is 6.69. The van der Waals surface area contributed by atoms with Crippen LogP contribution in [0.3, 0.4) is 0 Å². The van der Waals surface area contributed by atoms with Gasteiger partial charge in [-0.3, -0.25) is 0 Å². The van der Waals surface area contributed by atoms with Crippen molar-refractivity contribution in [3.8, 4) is 0 Å². The van der Waals surface area contributed by atoms with Crippen LogP contribution in [0.25, 0.3) is 0 Å². The van der Waals surface area contributed by atoms with E-state index in [9.17, 15) is 0 Å². The van der Waals surface area contributed by atoms with Gasteiger partial charge in [-0.2, -0.15) is 0 Å². The second-order valence-electron chi connectivity index (χ2n) is 2.75. The second kappa shape index (κ2) is 3.02. The molecule has 0 unspecified atom stereocenters. The Balaban J connectivity index is 2.59. The van der Waals surface area contributed by atoms with Gasteiger partial charge in [0.1, 0.15) is 0 Å². The summed E-state index contributed by atoms with van der Waals surface area (Å²) >= 11 is 0. The zero-order valence-electron chi connectivity index (χ0n) is 5.98. The molecule has 1 nitrogen and oxygen atoms in total. The number of aliphatic hydroxyl groups is 1. The van der Waals surface area contributed by atoms with E-state index in [0.717, 1.165) is 6.42 Å². The minimum atomic E-state index is 0.284. The summed E-state index contributed by atoms with van der Waals surface area (Å²) in [7, 11) is 0. The van der Waals surface area contributed by atoms with Gasteiger partial charge in [-0.05, 0) is 38.2 Å². The predicted octanol–water partition coefficient (Wildman–Crippen LogP) is 1.87. The van der Waals surface area contributed by atoms with E-state index in [2.05, 4.69) is 6.92 Å². The van der Waals surface area contributed by atoms with E-state index in [4.69, 9.17) is 5.11 Å². The SMILES string of the molecule is CC1=C(CO)CCCC1. The molecule has 1 aliphatic carbocycles. The Bertz CT molecular complexity index is 125. The molecule has 1 heteroatoms. The van der Waals surface area contributed by atoms with Crippen molar-refractivity contribution >= 4 is 0 Å². The quantitative estimate of drug-likeness (QED) is 0.532. The maximum absolute atomic E-state index is 8.80. The summed E-state index contributed by atoms with van der Waals surface area (Å²) in [6.07, 6.45) is 4.92. The molecule has 0 saturated carbocycles. The van der Waals surface area contributed by atoms with Gasteiger partial charge in [0.2, 0.25) is 0 Å². The second-order valence-corrected chi connectivity index (χ2v) is 2.75. The van der Waals surface area contributed by atoms with E-state index < -0.39 is 0 Å². The van der Waals surface area contributed by atoms with Crippen molar-refractivity contribution < 1.29 is 5.11 Å². The van der Waals surface area contributed by atoms with Crippen LogP contribution < -0.4 is 0 Å². The molecule has 0 spiro atoms. The summed E-state index contributed by atoms with van der Waals surface area (Å²) in [4.78, 5) is 0. The first-order valence-electron chi connectivity index (χ1n) is 3.63. The number of allylic oxidation sites excluding steroid dienone is 1. The van der Waals surface area contributed by atoms with E-state index in [0.29, 0.717) is 0 Å². The lowest BCUT2D eigenvalue weighted by Gasteiger charge is -2.14. The molecule has 1 aliphatic rings. The van der Waals surface area contributed by atoms with E-state index >= 15 is 0 Å². The van der Waals surface area contributed by atoms with Gasteiger partial charge in [-0.1, -0.05) is 5.57 Å². The molecule has 52 valence electrons. The van der Waals surface area contributed by atoms with Gasteiger partial charge in [0, 0.05) is 0 Å². The summed E-state index contributed by atoms with van der Waals surface area (Å²) in [6, 6.07) is 0. The first-order chi connectivity index (χ1) is 4.34. The van der Waals surface area contributed by atoms with Gasteiger partial charge in [0.15, 0.2) is 0 Å². The van der Waals surface area contributed by atoms with Gasteiger partial charge in [0.25, 0.3) is 0 Å². The van der Waals surface area contributed by atoms with Crippen LogP contribution in [0.15, 0.2) is 11.1 Å². The highest BCUT2D eigenvalue weighted by molar-refractivity contribution is 5.14. The molecule has 0 atom stereocenters. The van der Waals surface area contributed by atoms with Crippen molar-refractivity contribution in [1.82, 2.24) is 0 Å². The Morgan fingerprint density at radius 2 is 2.00 bits per heavy atom. The lowest BCUT2D eigenvalue weighted by atomic mass is 9.93. The molecule has 0 aromatic heterocycles. The van der Waals surface area contributed by atoms with Crippen LogP contribution in [-0.2, 0) is 0 Å². The van der Waals surface area contributed by atoms with E-state index in [1.54, 1.807) is 0 Å². The summed E-state index contributed by atoms with van der Waals surface area (Å²) in [5.74, 6) is 0. The number of hydrogen-bond donors (Lipinski definition) is 1. The highest BCUT2D eigenvalue weighted by Crippen LogP contribution is 2.23. The highest BCUT2D eigenvalue weighted by atomic mass is 16.3. The van der Waals surface area contributed by atoms with Crippen molar-refractivity contribution in [2.75, 3.05) is 6.61 Å². The van der Waals surface area contributed by atoms with Crippen molar-refractivity contribution in [2.24, 2.45) is 0 Å². The number of aliphatic hydroxyl groups excluding tert-OH is 1. The fourth-order valence-corrected chi connectivity index (χ4v) is 1.33. The molecule has 0 saturated heterocycles. The Morgan fingerprint density at radius 3 is 2.44 bits per heavy atom. The molecule has 0 radical (unpaired) electrons. The molecule has 0 heterocycles. The van der Waals surface area contributed by atoms with Crippen molar-refractivity contribution in [3.63, 3.8) is 0 Å². The molecule has 1 rings (SSSR count). The maximum atomic E-state index is 8.80. The Labute approximate surface area is 56.4 Å². The summed E-state index contributed by atoms with van der Waals surface area (Å²) in [6.45, 7) is 2.41. The normalized spacial score (nSPS) is 20.7. The van der Waals surface area contributed by atoms with Crippen LogP contribution in [0.4, 0.5) is 0 Å². The van der Waals surface area contributed by atoms with Crippen LogP contribution in [0, 0.1) is 0 Å².